The van der Waals surface area contributed by atoms with Gasteiger partial charge in [0.2, 0.25) is 0 Å². The van der Waals surface area contributed by atoms with Gasteiger partial charge in [-0.3, -0.25) is 4.79 Å². The minimum atomic E-state index is -2.87. The van der Waals surface area contributed by atoms with Crippen LogP contribution >= 0.6 is 11.3 Å². The molecule has 3 rings (SSSR count). The van der Waals surface area contributed by atoms with Gasteiger partial charge in [-0.1, -0.05) is 12.1 Å². The number of carbonyl (C=O) groups excluding carboxylic acids is 1. The maximum Gasteiger partial charge on any atom is 0.387 e. The molecular weight excluding hydrogens is 362 g/mol. The molecule has 3 N–H and O–H groups in total. The van der Waals surface area contributed by atoms with Crippen LogP contribution in [0.5, 0.6) is 5.75 Å². The first-order chi connectivity index (χ1) is 12.4. The van der Waals surface area contributed by atoms with Crippen molar-refractivity contribution in [3.8, 4) is 5.75 Å². The molecule has 0 aliphatic carbocycles. The minimum Gasteiger partial charge on any atom is -0.435 e. The summed E-state index contributed by atoms with van der Waals surface area (Å²) in [6.07, 6.45) is 0. The molecule has 6 nitrogen and oxygen atoms in total. The fourth-order valence-electron chi connectivity index (χ4n) is 2.46. The van der Waals surface area contributed by atoms with Gasteiger partial charge in [-0.2, -0.15) is 13.9 Å². The quantitative estimate of drug-likeness (QED) is 0.710. The number of aromatic nitrogens is 2. The van der Waals surface area contributed by atoms with Crippen molar-refractivity contribution in [2.75, 3.05) is 5.73 Å². The van der Waals surface area contributed by atoms with Crippen LogP contribution in [0.2, 0.25) is 0 Å². The fraction of sp³-hybridized carbons (Fsp3) is 0.235. The van der Waals surface area contributed by atoms with E-state index in [-0.39, 0.29) is 18.2 Å². The first-order valence-electron chi connectivity index (χ1n) is 7.70. The highest BCUT2D eigenvalue weighted by Crippen LogP contribution is 2.34. The summed E-state index contributed by atoms with van der Waals surface area (Å²) >= 11 is 1.19. The van der Waals surface area contributed by atoms with E-state index >= 15 is 0 Å². The lowest BCUT2D eigenvalue weighted by Crippen LogP contribution is -2.22. The first-order valence-corrected chi connectivity index (χ1v) is 8.52. The molecule has 2 aromatic heterocycles. The number of nitrogens with two attached hydrogens (primary N) is 1. The van der Waals surface area contributed by atoms with Crippen LogP contribution in [0, 0.1) is 13.8 Å². The fourth-order valence-corrected chi connectivity index (χ4v) is 3.48. The molecule has 0 saturated carbocycles. The van der Waals surface area contributed by atoms with E-state index in [1.165, 1.54) is 23.5 Å². The Hall–Kier alpha value is -2.81. The maximum atomic E-state index is 12.5. The number of fused-ring (bicyclic) bond motifs is 1. The van der Waals surface area contributed by atoms with Gasteiger partial charge in [0.25, 0.3) is 5.91 Å². The number of benzene rings is 1. The van der Waals surface area contributed by atoms with Crippen molar-refractivity contribution in [1.29, 1.82) is 0 Å². The van der Waals surface area contributed by atoms with E-state index < -0.39 is 6.61 Å². The van der Waals surface area contributed by atoms with Crippen LogP contribution < -0.4 is 15.8 Å². The average Bonchev–Trinajstić information content (AvgIpc) is 2.94. The standard InChI is InChI=1S/C17H16F2N4O2S/c1-8-9(2)22-23-16-12(8)13(20)14(26-16)15(24)21-7-10-3-5-11(6-4-10)25-17(18)19/h3-6,17H,7,20H2,1-2H3,(H,21,24). The molecule has 0 spiro atoms. The van der Waals surface area contributed by atoms with Crippen molar-refractivity contribution in [2.45, 2.75) is 27.0 Å². The molecule has 0 unspecified atom stereocenters. The highest BCUT2D eigenvalue weighted by atomic mass is 32.1. The van der Waals surface area contributed by atoms with Gasteiger partial charge < -0.3 is 15.8 Å². The molecule has 0 fully saturated rings. The molecule has 3 aromatic rings. The molecular formula is C17H16F2N4O2S. The van der Waals surface area contributed by atoms with E-state index in [4.69, 9.17) is 5.73 Å². The van der Waals surface area contributed by atoms with Gasteiger partial charge in [-0.05, 0) is 37.1 Å². The maximum absolute atomic E-state index is 12.5. The summed E-state index contributed by atoms with van der Waals surface area (Å²) in [7, 11) is 0. The lowest BCUT2D eigenvalue weighted by Gasteiger charge is -2.07. The molecule has 1 amide bonds. The van der Waals surface area contributed by atoms with Gasteiger partial charge in [0, 0.05) is 11.9 Å². The molecule has 0 radical (unpaired) electrons. The molecule has 0 saturated heterocycles. The second kappa shape index (κ2) is 7.20. The molecule has 0 aliphatic heterocycles. The Balaban J connectivity index is 1.73. The smallest absolute Gasteiger partial charge is 0.387 e. The number of anilines is 1. The molecule has 26 heavy (non-hydrogen) atoms. The van der Waals surface area contributed by atoms with Crippen molar-refractivity contribution in [3.05, 3.63) is 46.0 Å². The van der Waals surface area contributed by atoms with Crippen molar-refractivity contribution in [3.63, 3.8) is 0 Å². The first kappa shape index (κ1) is 18.0. The van der Waals surface area contributed by atoms with Crippen LogP contribution in [-0.2, 0) is 6.54 Å². The van der Waals surface area contributed by atoms with Crippen molar-refractivity contribution in [2.24, 2.45) is 0 Å². The van der Waals surface area contributed by atoms with Gasteiger partial charge >= 0.3 is 6.61 Å². The Labute approximate surface area is 152 Å². The predicted octanol–water partition coefficient (Wildman–Crippen LogP) is 3.42. The number of hydrogen-bond donors (Lipinski definition) is 2. The molecule has 0 atom stereocenters. The number of ether oxygens (including phenoxy) is 1. The number of alkyl halides is 2. The minimum absolute atomic E-state index is 0.0632. The number of rotatable bonds is 5. The van der Waals surface area contributed by atoms with Crippen LogP contribution in [0.15, 0.2) is 24.3 Å². The number of thiophene rings is 1. The Kier molecular flexibility index (Phi) is 4.99. The number of carbonyl (C=O) groups is 1. The van der Waals surface area contributed by atoms with Gasteiger partial charge in [-0.15, -0.1) is 16.4 Å². The Morgan fingerprint density at radius 1 is 1.27 bits per heavy atom. The number of aryl methyl sites for hydroxylation is 2. The summed E-state index contributed by atoms with van der Waals surface area (Å²) < 4.78 is 28.6. The molecule has 9 heteroatoms. The largest absolute Gasteiger partial charge is 0.435 e. The van der Waals surface area contributed by atoms with Gasteiger partial charge in [0.1, 0.15) is 15.5 Å². The molecule has 2 heterocycles. The topological polar surface area (TPSA) is 90.1 Å². The average molecular weight is 378 g/mol. The van der Waals surface area contributed by atoms with Crippen LogP contribution in [0.25, 0.3) is 10.2 Å². The number of amides is 1. The van der Waals surface area contributed by atoms with Crippen LogP contribution in [-0.4, -0.2) is 22.7 Å². The predicted molar refractivity (Wildman–Crippen MR) is 95.5 cm³/mol. The zero-order valence-corrected chi connectivity index (χ0v) is 14.9. The molecule has 0 bridgehead atoms. The number of nitrogens with one attached hydrogen (secondary N) is 1. The van der Waals surface area contributed by atoms with Gasteiger partial charge in [0.15, 0.2) is 0 Å². The van der Waals surface area contributed by atoms with Crippen LogP contribution in [0.4, 0.5) is 14.5 Å². The number of halogens is 2. The number of nitrogen functional groups attached to an aromatic ring is 1. The summed E-state index contributed by atoms with van der Waals surface area (Å²) in [6, 6.07) is 6.04. The van der Waals surface area contributed by atoms with Crippen molar-refractivity contribution < 1.29 is 18.3 Å². The van der Waals surface area contributed by atoms with E-state index in [9.17, 15) is 13.6 Å². The van der Waals surface area contributed by atoms with E-state index in [0.717, 1.165) is 22.2 Å². The lowest BCUT2D eigenvalue weighted by atomic mass is 10.1. The Morgan fingerprint density at radius 3 is 2.62 bits per heavy atom. The van der Waals surface area contributed by atoms with Crippen molar-refractivity contribution in [1.82, 2.24) is 15.5 Å². The highest BCUT2D eigenvalue weighted by Gasteiger charge is 2.19. The summed E-state index contributed by atoms with van der Waals surface area (Å²) in [5.74, 6) is -0.260. The van der Waals surface area contributed by atoms with E-state index in [1.807, 2.05) is 13.8 Å². The number of nitrogens with zero attached hydrogens (tertiary/aromatic N) is 2. The third-order valence-electron chi connectivity index (χ3n) is 3.94. The molecule has 1 aromatic carbocycles. The monoisotopic (exact) mass is 378 g/mol. The zero-order valence-electron chi connectivity index (χ0n) is 14.0. The third-order valence-corrected chi connectivity index (χ3v) is 5.03. The lowest BCUT2D eigenvalue weighted by molar-refractivity contribution is -0.0498. The summed E-state index contributed by atoms with van der Waals surface area (Å²) in [5, 5.41) is 11.7. The molecule has 0 aliphatic rings. The summed E-state index contributed by atoms with van der Waals surface area (Å²) in [6.45, 7) is 1.08. The normalized spacial score (nSPS) is 11.1. The van der Waals surface area contributed by atoms with Gasteiger partial charge in [-0.25, -0.2) is 0 Å². The van der Waals surface area contributed by atoms with E-state index in [0.29, 0.717) is 15.4 Å². The summed E-state index contributed by atoms with van der Waals surface area (Å²) in [5.41, 5.74) is 8.93. The second-order valence-electron chi connectivity index (χ2n) is 5.64. The van der Waals surface area contributed by atoms with Gasteiger partial charge in [0.05, 0.1) is 11.4 Å². The SMILES string of the molecule is Cc1nnc2sc(C(=O)NCc3ccc(OC(F)F)cc3)c(N)c2c1C. The molecule has 136 valence electrons. The number of hydrogen-bond acceptors (Lipinski definition) is 6. The zero-order chi connectivity index (χ0) is 18.8. The summed E-state index contributed by atoms with van der Waals surface area (Å²) in [4.78, 5) is 13.5. The Bertz CT molecular complexity index is 958. The van der Waals surface area contributed by atoms with Crippen LogP contribution in [0.1, 0.15) is 26.5 Å². The van der Waals surface area contributed by atoms with E-state index in [2.05, 4.69) is 20.3 Å². The Morgan fingerprint density at radius 2 is 1.96 bits per heavy atom. The van der Waals surface area contributed by atoms with Crippen molar-refractivity contribution >= 4 is 33.1 Å². The van der Waals surface area contributed by atoms with Crippen LogP contribution in [0.3, 0.4) is 0 Å². The highest BCUT2D eigenvalue weighted by molar-refractivity contribution is 7.21. The van der Waals surface area contributed by atoms with E-state index in [1.54, 1.807) is 12.1 Å². The second-order valence-corrected chi connectivity index (χ2v) is 6.64. The third kappa shape index (κ3) is 3.57.